The normalized spacial score (nSPS) is 29.5. The van der Waals surface area contributed by atoms with E-state index in [0.717, 1.165) is 45.3 Å². The van der Waals surface area contributed by atoms with E-state index in [9.17, 15) is 5.11 Å². The molecule has 3 N–H and O–H groups in total. The SMILES string of the molecule is COCCCOCCC1(CN)CCCCC1O. The Morgan fingerprint density at radius 1 is 1.29 bits per heavy atom. The zero-order chi connectivity index (χ0) is 12.6. The first kappa shape index (κ1) is 14.9. The molecular formula is C13H27NO3. The number of hydrogen-bond donors (Lipinski definition) is 2. The molecule has 1 aliphatic carbocycles. The number of ether oxygens (including phenoxy) is 2. The van der Waals surface area contributed by atoms with Gasteiger partial charge in [-0.05, 0) is 25.7 Å². The minimum atomic E-state index is -0.246. The van der Waals surface area contributed by atoms with E-state index in [1.807, 2.05) is 0 Å². The average molecular weight is 245 g/mol. The predicted octanol–water partition coefficient (Wildman–Crippen LogP) is 1.31. The molecule has 0 aliphatic heterocycles. The Balaban J connectivity index is 2.21. The van der Waals surface area contributed by atoms with Crippen molar-refractivity contribution in [2.24, 2.45) is 11.1 Å². The number of methoxy groups -OCH3 is 1. The molecule has 1 rings (SSSR count). The molecule has 0 amide bonds. The van der Waals surface area contributed by atoms with Crippen LogP contribution in [-0.2, 0) is 9.47 Å². The summed E-state index contributed by atoms with van der Waals surface area (Å²) in [6, 6.07) is 0. The molecule has 0 aromatic heterocycles. The van der Waals surface area contributed by atoms with Crippen LogP contribution in [0, 0.1) is 5.41 Å². The van der Waals surface area contributed by atoms with Gasteiger partial charge in [0.2, 0.25) is 0 Å². The van der Waals surface area contributed by atoms with Crippen LogP contribution in [0.5, 0.6) is 0 Å². The Morgan fingerprint density at radius 2 is 2.12 bits per heavy atom. The van der Waals surface area contributed by atoms with Gasteiger partial charge >= 0.3 is 0 Å². The van der Waals surface area contributed by atoms with Crippen LogP contribution in [0.1, 0.15) is 38.5 Å². The van der Waals surface area contributed by atoms with Crippen molar-refractivity contribution in [3.63, 3.8) is 0 Å². The van der Waals surface area contributed by atoms with E-state index in [0.29, 0.717) is 13.2 Å². The van der Waals surface area contributed by atoms with Crippen molar-refractivity contribution in [2.45, 2.75) is 44.6 Å². The van der Waals surface area contributed by atoms with Gasteiger partial charge in [-0.3, -0.25) is 0 Å². The molecule has 0 spiro atoms. The van der Waals surface area contributed by atoms with E-state index in [2.05, 4.69) is 0 Å². The summed E-state index contributed by atoms with van der Waals surface area (Å²) in [4.78, 5) is 0. The minimum Gasteiger partial charge on any atom is -0.392 e. The standard InChI is InChI=1S/C13H27NO3/c1-16-8-4-9-17-10-7-13(11-14)6-3-2-5-12(13)15/h12,15H,2-11,14H2,1H3. The lowest BCUT2D eigenvalue weighted by Crippen LogP contribution is -2.44. The molecule has 102 valence electrons. The van der Waals surface area contributed by atoms with E-state index in [4.69, 9.17) is 15.2 Å². The van der Waals surface area contributed by atoms with Crippen LogP contribution in [0.25, 0.3) is 0 Å². The fraction of sp³-hybridized carbons (Fsp3) is 1.00. The molecule has 4 heteroatoms. The Hall–Kier alpha value is -0.160. The van der Waals surface area contributed by atoms with Crippen molar-refractivity contribution in [3.8, 4) is 0 Å². The van der Waals surface area contributed by atoms with Crippen LogP contribution < -0.4 is 5.73 Å². The molecule has 0 heterocycles. The van der Waals surface area contributed by atoms with E-state index < -0.39 is 0 Å². The van der Waals surface area contributed by atoms with Crippen molar-refractivity contribution in [1.29, 1.82) is 0 Å². The summed E-state index contributed by atoms with van der Waals surface area (Å²) in [5, 5.41) is 10.1. The van der Waals surface area contributed by atoms with Crippen molar-refractivity contribution in [2.75, 3.05) is 33.5 Å². The van der Waals surface area contributed by atoms with Crippen LogP contribution in [0.2, 0.25) is 0 Å². The third-order valence-electron chi connectivity index (χ3n) is 3.90. The highest BCUT2D eigenvalue weighted by Gasteiger charge is 2.38. The molecule has 1 aliphatic rings. The maximum Gasteiger partial charge on any atom is 0.0609 e. The fourth-order valence-corrected chi connectivity index (χ4v) is 2.60. The maximum atomic E-state index is 10.1. The van der Waals surface area contributed by atoms with Crippen molar-refractivity contribution < 1.29 is 14.6 Å². The first-order valence-electron chi connectivity index (χ1n) is 6.70. The second kappa shape index (κ2) is 8.03. The van der Waals surface area contributed by atoms with Crippen LogP contribution in [0.4, 0.5) is 0 Å². The maximum absolute atomic E-state index is 10.1. The van der Waals surface area contributed by atoms with Crippen LogP contribution >= 0.6 is 0 Å². The molecule has 4 nitrogen and oxygen atoms in total. The van der Waals surface area contributed by atoms with Crippen molar-refractivity contribution >= 4 is 0 Å². The quantitative estimate of drug-likeness (QED) is 0.633. The minimum absolute atomic E-state index is 0.0977. The van der Waals surface area contributed by atoms with Crippen molar-refractivity contribution in [1.82, 2.24) is 0 Å². The molecular weight excluding hydrogens is 218 g/mol. The molecule has 0 aromatic carbocycles. The van der Waals surface area contributed by atoms with Gasteiger partial charge in [0, 0.05) is 38.9 Å². The topological polar surface area (TPSA) is 64.7 Å². The summed E-state index contributed by atoms with van der Waals surface area (Å²) < 4.78 is 10.5. The van der Waals surface area contributed by atoms with Crippen LogP contribution in [0.15, 0.2) is 0 Å². The molecule has 1 saturated carbocycles. The monoisotopic (exact) mass is 245 g/mol. The summed E-state index contributed by atoms with van der Waals surface area (Å²) >= 11 is 0. The van der Waals surface area contributed by atoms with Crippen LogP contribution in [-0.4, -0.2) is 44.7 Å². The van der Waals surface area contributed by atoms with Gasteiger partial charge in [-0.1, -0.05) is 12.8 Å². The van der Waals surface area contributed by atoms with Gasteiger partial charge in [0.15, 0.2) is 0 Å². The molecule has 1 fully saturated rings. The molecule has 0 saturated heterocycles. The molecule has 17 heavy (non-hydrogen) atoms. The lowest BCUT2D eigenvalue weighted by atomic mass is 9.70. The smallest absolute Gasteiger partial charge is 0.0609 e. The highest BCUT2D eigenvalue weighted by molar-refractivity contribution is 4.90. The Kier molecular flexibility index (Phi) is 7.04. The summed E-state index contributed by atoms with van der Waals surface area (Å²) in [5.74, 6) is 0. The lowest BCUT2D eigenvalue weighted by molar-refractivity contribution is -0.0307. The Labute approximate surface area is 104 Å². The molecule has 0 radical (unpaired) electrons. The van der Waals surface area contributed by atoms with Crippen molar-refractivity contribution in [3.05, 3.63) is 0 Å². The third kappa shape index (κ3) is 4.54. The molecule has 0 aromatic rings. The van der Waals surface area contributed by atoms with Gasteiger partial charge in [0.1, 0.15) is 0 Å². The molecule has 2 atom stereocenters. The number of rotatable bonds is 8. The van der Waals surface area contributed by atoms with Gasteiger partial charge in [0.05, 0.1) is 6.10 Å². The van der Waals surface area contributed by atoms with Gasteiger partial charge in [-0.25, -0.2) is 0 Å². The number of aliphatic hydroxyl groups excluding tert-OH is 1. The highest BCUT2D eigenvalue weighted by atomic mass is 16.5. The second-order valence-electron chi connectivity index (χ2n) is 5.04. The summed E-state index contributed by atoms with van der Waals surface area (Å²) in [5.41, 5.74) is 5.76. The third-order valence-corrected chi connectivity index (χ3v) is 3.90. The first-order valence-corrected chi connectivity index (χ1v) is 6.70. The van der Waals surface area contributed by atoms with E-state index in [1.54, 1.807) is 7.11 Å². The Bertz CT molecular complexity index is 201. The predicted molar refractivity (Wildman–Crippen MR) is 67.9 cm³/mol. The van der Waals surface area contributed by atoms with E-state index in [-0.39, 0.29) is 11.5 Å². The number of aliphatic hydroxyl groups is 1. The van der Waals surface area contributed by atoms with Gasteiger partial charge < -0.3 is 20.3 Å². The zero-order valence-electron chi connectivity index (χ0n) is 11.0. The second-order valence-corrected chi connectivity index (χ2v) is 5.04. The van der Waals surface area contributed by atoms with E-state index in [1.165, 1.54) is 6.42 Å². The average Bonchev–Trinajstić information content (AvgIpc) is 2.36. The lowest BCUT2D eigenvalue weighted by Gasteiger charge is -2.40. The highest BCUT2D eigenvalue weighted by Crippen LogP contribution is 2.38. The molecule has 2 unspecified atom stereocenters. The summed E-state index contributed by atoms with van der Waals surface area (Å²) in [7, 11) is 1.70. The van der Waals surface area contributed by atoms with Gasteiger partial charge in [-0.2, -0.15) is 0 Å². The summed E-state index contributed by atoms with van der Waals surface area (Å²) in [6.45, 7) is 2.73. The number of nitrogens with two attached hydrogens (primary N) is 1. The largest absolute Gasteiger partial charge is 0.392 e. The zero-order valence-corrected chi connectivity index (χ0v) is 11.0. The number of hydrogen-bond acceptors (Lipinski definition) is 4. The Morgan fingerprint density at radius 3 is 2.76 bits per heavy atom. The van der Waals surface area contributed by atoms with Crippen LogP contribution in [0.3, 0.4) is 0 Å². The fourth-order valence-electron chi connectivity index (χ4n) is 2.60. The summed E-state index contributed by atoms with van der Waals surface area (Å²) in [6.07, 6.45) is 5.78. The van der Waals surface area contributed by atoms with Gasteiger partial charge in [0.25, 0.3) is 0 Å². The van der Waals surface area contributed by atoms with E-state index >= 15 is 0 Å². The first-order chi connectivity index (χ1) is 8.25. The van der Waals surface area contributed by atoms with Gasteiger partial charge in [-0.15, -0.1) is 0 Å². The molecule has 0 bridgehead atoms.